The van der Waals surface area contributed by atoms with E-state index >= 15 is 0 Å². The average molecular weight is 201 g/mol. The van der Waals surface area contributed by atoms with Gasteiger partial charge in [0.15, 0.2) is 0 Å². The van der Waals surface area contributed by atoms with Gasteiger partial charge in [-0.05, 0) is 54.2 Å². The third-order valence-electron chi connectivity index (χ3n) is 4.52. The van der Waals surface area contributed by atoms with Crippen molar-refractivity contribution in [2.45, 2.75) is 38.0 Å². The Kier molecular flexibility index (Phi) is 1.79. The minimum absolute atomic E-state index is 0.532. The molecular weight excluding hydrogens is 182 g/mol. The number of hydrogen-bond donors (Lipinski definition) is 1. The maximum atomic E-state index is 5.80. The Hall–Kier alpha value is -0.820. The van der Waals surface area contributed by atoms with Crippen molar-refractivity contribution in [1.82, 2.24) is 0 Å². The third kappa shape index (κ3) is 1.13. The number of hydrogen-bond acceptors (Lipinski definition) is 1. The van der Waals surface area contributed by atoms with Crippen LogP contribution >= 0.6 is 0 Å². The molecule has 0 unspecified atom stereocenters. The molecule has 1 aromatic carbocycles. The molecule has 2 bridgehead atoms. The average Bonchev–Trinajstić information content (AvgIpc) is 2.15. The summed E-state index contributed by atoms with van der Waals surface area (Å²) in [7, 11) is 0. The molecule has 0 aliphatic heterocycles. The SMILES string of the molecule is CCc1cccc(C23CC(CN)(C2)C3)c1. The van der Waals surface area contributed by atoms with Crippen molar-refractivity contribution in [1.29, 1.82) is 0 Å². The van der Waals surface area contributed by atoms with Crippen molar-refractivity contribution in [2.24, 2.45) is 11.1 Å². The van der Waals surface area contributed by atoms with Crippen LogP contribution in [0.2, 0.25) is 0 Å². The zero-order valence-corrected chi connectivity index (χ0v) is 9.42. The molecule has 1 aromatic rings. The zero-order chi connectivity index (χ0) is 10.5. The Morgan fingerprint density at radius 2 is 2.00 bits per heavy atom. The second kappa shape index (κ2) is 2.85. The maximum absolute atomic E-state index is 5.80. The van der Waals surface area contributed by atoms with Gasteiger partial charge in [-0.2, -0.15) is 0 Å². The predicted octanol–water partition coefficient (Wildman–Crippen LogP) is 2.63. The molecule has 3 saturated carbocycles. The lowest BCUT2D eigenvalue weighted by molar-refractivity contribution is -0.132. The van der Waals surface area contributed by atoms with Crippen molar-refractivity contribution in [3.8, 4) is 0 Å². The molecule has 3 aliphatic rings. The van der Waals surface area contributed by atoms with Crippen molar-refractivity contribution >= 4 is 0 Å². The summed E-state index contributed by atoms with van der Waals surface area (Å²) in [5.41, 5.74) is 9.91. The molecule has 3 aliphatic carbocycles. The van der Waals surface area contributed by atoms with Gasteiger partial charge < -0.3 is 5.73 Å². The highest BCUT2D eigenvalue weighted by Gasteiger charge is 2.67. The van der Waals surface area contributed by atoms with Crippen LogP contribution in [0.4, 0.5) is 0 Å². The van der Waals surface area contributed by atoms with Crippen LogP contribution in [0.25, 0.3) is 0 Å². The molecule has 15 heavy (non-hydrogen) atoms. The van der Waals surface area contributed by atoms with Gasteiger partial charge in [0, 0.05) is 0 Å². The van der Waals surface area contributed by atoms with Crippen LogP contribution in [0.1, 0.15) is 37.3 Å². The van der Waals surface area contributed by atoms with E-state index in [-0.39, 0.29) is 0 Å². The van der Waals surface area contributed by atoms with E-state index in [0.717, 1.165) is 13.0 Å². The summed E-state index contributed by atoms with van der Waals surface area (Å²) in [5, 5.41) is 0. The van der Waals surface area contributed by atoms with E-state index < -0.39 is 0 Å². The summed E-state index contributed by atoms with van der Waals surface area (Å²) in [6.45, 7) is 3.12. The summed E-state index contributed by atoms with van der Waals surface area (Å²) in [6, 6.07) is 9.15. The Morgan fingerprint density at radius 1 is 1.27 bits per heavy atom. The minimum atomic E-state index is 0.532. The predicted molar refractivity (Wildman–Crippen MR) is 62.8 cm³/mol. The van der Waals surface area contributed by atoms with E-state index in [4.69, 9.17) is 5.73 Å². The van der Waals surface area contributed by atoms with Crippen molar-refractivity contribution in [3.05, 3.63) is 35.4 Å². The summed E-state index contributed by atoms with van der Waals surface area (Å²) in [5.74, 6) is 0. The van der Waals surface area contributed by atoms with Gasteiger partial charge in [0.25, 0.3) is 0 Å². The molecule has 0 radical (unpaired) electrons. The van der Waals surface area contributed by atoms with E-state index in [1.165, 1.54) is 24.8 Å². The topological polar surface area (TPSA) is 26.0 Å². The fourth-order valence-corrected chi connectivity index (χ4v) is 3.64. The molecule has 4 rings (SSSR count). The van der Waals surface area contributed by atoms with Gasteiger partial charge >= 0.3 is 0 Å². The van der Waals surface area contributed by atoms with E-state index in [0.29, 0.717) is 10.8 Å². The Bertz CT molecular complexity index is 374. The van der Waals surface area contributed by atoms with Gasteiger partial charge in [0.2, 0.25) is 0 Å². The Labute approximate surface area is 91.7 Å². The molecule has 80 valence electrons. The summed E-state index contributed by atoms with van der Waals surface area (Å²) in [6.07, 6.45) is 5.16. The van der Waals surface area contributed by atoms with Crippen molar-refractivity contribution in [2.75, 3.05) is 6.54 Å². The quantitative estimate of drug-likeness (QED) is 0.799. The lowest BCUT2D eigenvalue weighted by Crippen LogP contribution is -2.67. The normalized spacial score (nSPS) is 36.9. The molecule has 3 fully saturated rings. The molecule has 1 nitrogen and oxygen atoms in total. The summed E-state index contributed by atoms with van der Waals surface area (Å²) >= 11 is 0. The van der Waals surface area contributed by atoms with E-state index in [1.54, 1.807) is 5.56 Å². The maximum Gasteiger partial charge on any atom is -0.00196 e. The standard InChI is InChI=1S/C14H19N/c1-2-11-4-3-5-12(6-11)14-7-13(8-14,9-14)10-15/h3-6H,2,7-10,15H2,1H3. The molecule has 0 amide bonds. The van der Waals surface area contributed by atoms with Crippen LogP contribution in [-0.4, -0.2) is 6.54 Å². The van der Waals surface area contributed by atoms with Crippen molar-refractivity contribution < 1.29 is 0 Å². The van der Waals surface area contributed by atoms with Gasteiger partial charge in [0.05, 0.1) is 0 Å². The Morgan fingerprint density at radius 3 is 2.60 bits per heavy atom. The minimum Gasteiger partial charge on any atom is -0.330 e. The first-order chi connectivity index (χ1) is 7.22. The van der Waals surface area contributed by atoms with Crippen LogP contribution in [0.3, 0.4) is 0 Å². The van der Waals surface area contributed by atoms with Crippen LogP contribution in [0, 0.1) is 5.41 Å². The van der Waals surface area contributed by atoms with Crippen molar-refractivity contribution in [3.63, 3.8) is 0 Å². The van der Waals surface area contributed by atoms with E-state index in [1.807, 2.05) is 0 Å². The monoisotopic (exact) mass is 201 g/mol. The van der Waals surface area contributed by atoms with Crippen LogP contribution in [0.5, 0.6) is 0 Å². The fraction of sp³-hybridized carbons (Fsp3) is 0.571. The van der Waals surface area contributed by atoms with Crippen LogP contribution in [0.15, 0.2) is 24.3 Å². The van der Waals surface area contributed by atoms with Crippen LogP contribution < -0.4 is 5.73 Å². The summed E-state index contributed by atoms with van der Waals surface area (Å²) in [4.78, 5) is 0. The molecule has 0 spiro atoms. The second-order valence-electron chi connectivity index (χ2n) is 5.57. The van der Waals surface area contributed by atoms with Gasteiger partial charge in [-0.1, -0.05) is 31.2 Å². The molecule has 0 heterocycles. The highest BCUT2D eigenvalue weighted by Crippen LogP contribution is 2.73. The van der Waals surface area contributed by atoms with Gasteiger partial charge in [-0.15, -0.1) is 0 Å². The number of aryl methyl sites for hydroxylation is 1. The number of nitrogens with two attached hydrogens (primary N) is 1. The first-order valence-corrected chi connectivity index (χ1v) is 6.02. The van der Waals surface area contributed by atoms with E-state index in [2.05, 4.69) is 31.2 Å². The first kappa shape index (κ1) is 9.41. The highest BCUT2D eigenvalue weighted by molar-refractivity contribution is 5.40. The molecule has 0 saturated heterocycles. The van der Waals surface area contributed by atoms with Crippen LogP contribution in [-0.2, 0) is 11.8 Å². The van der Waals surface area contributed by atoms with E-state index in [9.17, 15) is 0 Å². The second-order valence-corrected chi connectivity index (χ2v) is 5.57. The fourth-order valence-electron chi connectivity index (χ4n) is 3.64. The largest absolute Gasteiger partial charge is 0.330 e. The number of rotatable bonds is 3. The molecule has 1 heteroatoms. The highest BCUT2D eigenvalue weighted by atomic mass is 14.8. The molecule has 0 aromatic heterocycles. The summed E-state index contributed by atoms with van der Waals surface area (Å²) < 4.78 is 0. The number of benzene rings is 1. The molecular formula is C14H19N. The smallest absolute Gasteiger partial charge is 0.00196 e. The lowest BCUT2D eigenvalue weighted by atomic mass is 9.33. The van der Waals surface area contributed by atoms with Gasteiger partial charge in [0.1, 0.15) is 0 Å². The Balaban J connectivity index is 1.84. The third-order valence-corrected chi connectivity index (χ3v) is 4.52. The first-order valence-electron chi connectivity index (χ1n) is 6.02. The van der Waals surface area contributed by atoms with Gasteiger partial charge in [-0.3, -0.25) is 0 Å². The molecule has 2 N–H and O–H groups in total. The molecule has 0 atom stereocenters. The zero-order valence-electron chi connectivity index (χ0n) is 9.42. The van der Waals surface area contributed by atoms with Gasteiger partial charge in [-0.25, -0.2) is 0 Å². The lowest BCUT2D eigenvalue weighted by Gasteiger charge is -2.71.